The predicted octanol–water partition coefficient (Wildman–Crippen LogP) is 1.66. The van der Waals surface area contributed by atoms with Crippen LogP contribution in [0.15, 0.2) is 4.52 Å². The molecule has 1 aliphatic heterocycles. The van der Waals surface area contributed by atoms with E-state index in [2.05, 4.69) is 10.1 Å². The Morgan fingerprint density at radius 2 is 2.41 bits per heavy atom. The van der Waals surface area contributed by atoms with Gasteiger partial charge in [0, 0.05) is 19.5 Å². The Morgan fingerprint density at radius 3 is 3.12 bits per heavy atom. The minimum atomic E-state index is 0.204. The van der Waals surface area contributed by atoms with Gasteiger partial charge in [-0.3, -0.25) is 4.79 Å². The lowest BCUT2D eigenvalue weighted by Crippen LogP contribution is -2.38. The van der Waals surface area contributed by atoms with Crippen molar-refractivity contribution in [1.29, 1.82) is 0 Å². The monoisotopic (exact) mass is 255 g/mol. The third-order valence-corrected chi connectivity index (χ3v) is 3.54. The van der Waals surface area contributed by atoms with Gasteiger partial charge in [0.2, 0.25) is 11.8 Å². The maximum atomic E-state index is 11.6. The first-order valence-electron chi connectivity index (χ1n) is 5.83. The Morgan fingerprint density at radius 1 is 1.59 bits per heavy atom. The van der Waals surface area contributed by atoms with Crippen LogP contribution in [0.3, 0.4) is 0 Å². The number of thioether (sulfide) groups is 1. The molecule has 5 nitrogen and oxygen atoms in total. The third kappa shape index (κ3) is 2.80. The fourth-order valence-electron chi connectivity index (χ4n) is 2.04. The van der Waals surface area contributed by atoms with E-state index in [1.54, 1.807) is 11.8 Å². The van der Waals surface area contributed by atoms with Crippen LogP contribution in [0.5, 0.6) is 0 Å². The summed E-state index contributed by atoms with van der Waals surface area (Å²) < 4.78 is 5.27. The van der Waals surface area contributed by atoms with E-state index in [4.69, 9.17) is 4.52 Å². The molecule has 0 bridgehead atoms. The second kappa shape index (κ2) is 5.53. The van der Waals surface area contributed by atoms with E-state index in [-0.39, 0.29) is 11.8 Å². The summed E-state index contributed by atoms with van der Waals surface area (Å²) >= 11 is 1.67. The first-order valence-corrected chi connectivity index (χ1v) is 7.23. The number of hydrogen-bond acceptors (Lipinski definition) is 5. The zero-order valence-corrected chi connectivity index (χ0v) is 11.0. The maximum absolute atomic E-state index is 11.6. The first kappa shape index (κ1) is 12.4. The van der Waals surface area contributed by atoms with Crippen molar-refractivity contribution < 1.29 is 9.32 Å². The molecule has 1 saturated heterocycles. The van der Waals surface area contributed by atoms with Crippen molar-refractivity contribution in [3.63, 3.8) is 0 Å². The Hall–Kier alpha value is -1.04. The van der Waals surface area contributed by atoms with E-state index >= 15 is 0 Å². The molecular formula is C11H17N3O2S. The molecule has 0 spiro atoms. The lowest BCUT2D eigenvalue weighted by atomic mass is 9.97. The van der Waals surface area contributed by atoms with E-state index in [1.807, 2.05) is 18.1 Å². The molecule has 2 rings (SSSR count). The molecule has 1 atom stereocenters. The Kier molecular flexibility index (Phi) is 4.04. The van der Waals surface area contributed by atoms with Gasteiger partial charge in [-0.15, -0.1) is 0 Å². The molecule has 1 fully saturated rings. The van der Waals surface area contributed by atoms with Crippen molar-refractivity contribution >= 4 is 17.7 Å². The summed E-state index contributed by atoms with van der Waals surface area (Å²) in [5, 5.41) is 3.94. The minimum Gasteiger partial charge on any atom is -0.342 e. The van der Waals surface area contributed by atoms with Gasteiger partial charge in [-0.25, -0.2) is 0 Å². The molecule has 1 amide bonds. The predicted molar refractivity (Wildman–Crippen MR) is 65.7 cm³/mol. The Labute approximate surface area is 105 Å². The molecule has 1 aromatic heterocycles. The number of aromatic nitrogens is 2. The molecule has 94 valence electrons. The number of nitrogens with zero attached hydrogens (tertiary/aromatic N) is 3. The molecule has 1 aliphatic rings. The van der Waals surface area contributed by atoms with Gasteiger partial charge in [0.15, 0.2) is 5.82 Å². The van der Waals surface area contributed by atoms with Crippen LogP contribution < -0.4 is 0 Å². The fourth-order valence-corrected chi connectivity index (χ4v) is 2.42. The quantitative estimate of drug-likeness (QED) is 0.819. The van der Waals surface area contributed by atoms with Crippen LogP contribution in [-0.2, 0) is 10.5 Å². The number of likely N-dealkylation sites (N-methyl/N-ethyl adjacent to an activating group) is 1. The smallest absolute Gasteiger partial charge is 0.231 e. The average Bonchev–Trinajstić information content (AvgIpc) is 2.79. The summed E-state index contributed by atoms with van der Waals surface area (Å²) in [6, 6.07) is 0. The molecule has 2 heterocycles. The molecular weight excluding hydrogens is 238 g/mol. The highest BCUT2D eigenvalue weighted by Crippen LogP contribution is 2.26. The number of hydrogen-bond donors (Lipinski definition) is 0. The van der Waals surface area contributed by atoms with Gasteiger partial charge in [0.1, 0.15) is 0 Å². The summed E-state index contributed by atoms with van der Waals surface area (Å²) in [5.41, 5.74) is 0. The van der Waals surface area contributed by atoms with Crippen LogP contribution in [0.25, 0.3) is 0 Å². The molecule has 0 saturated carbocycles. The van der Waals surface area contributed by atoms with E-state index in [0.29, 0.717) is 18.9 Å². The molecule has 0 aromatic carbocycles. The highest BCUT2D eigenvalue weighted by atomic mass is 32.2. The second-order valence-electron chi connectivity index (χ2n) is 4.15. The van der Waals surface area contributed by atoms with Gasteiger partial charge in [-0.05, 0) is 19.6 Å². The van der Waals surface area contributed by atoms with E-state index in [0.717, 1.165) is 24.5 Å². The largest absolute Gasteiger partial charge is 0.342 e. The van der Waals surface area contributed by atoms with E-state index in [1.165, 1.54) is 0 Å². The molecule has 0 aliphatic carbocycles. The number of piperidine rings is 1. The third-order valence-electron chi connectivity index (χ3n) is 2.99. The summed E-state index contributed by atoms with van der Waals surface area (Å²) in [7, 11) is 0. The normalized spacial score (nSPS) is 20.9. The summed E-state index contributed by atoms with van der Waals surface area (Å²) in [4.78, 5) is 17.8. The molecule has 0 radical (unpaired) electrons. The number of likely N-dealkylation sites (tertiary alicyclic amines) is 1. The van der Waals surface area contributed by atoms with Gasteiger partial charge < -0.3 is 9.42 Å². The average molecular weight is 255 g/mol. The van der Waals surface area contributed by atoms with Gasteiger partial charge in [-0.1, -0.05) is 5.16 Å². The van der Waals surface area contributed by atoms with Crippen molar-refractivity contribution in [1.82, 2.24) is 15.0 Å². The van der Waals surface area contributed by atoms with Crippen molar-refractivity contribution in [3.05, 3.63) is 11.7 Å². The van der Waals surface area contributed by atoms with Gasteiger partial charge >= 0.3 is 0 Å². The summed E-state index contributed by atoms with van der Waals surface area (Å²) in [5.74, 6) is 2.63. The zero-order valence-electron chi connectivity index (χ0n) is 10.2. The van der Waals surface area contributed by atoms with Gasteiger partial charge in [0.25, 0.3) is 0 Å². The highest BCUT2D eigenvalue weighted by Gasteiger charge is 2.29. The van der Waals surface area contributed by atoms with Crippen molar-refractivity contribution in [3.8, 4) is 0 Å². The maximum Gasteiger partial charge on any atom is 0.231 e. The lowest BCUT2D eigenvalue weighted by Gasteiger charge is -2.29. The van der Waals surface area contributed by atoms with E-state index < -0.39 is 0 Å². The van der Waals surface area contributed by atoms with Gasteiger partial charge in [0.05, 0.1) is 11.7 Å². The van der Waals surface area contributed by atoms with Crippen molar-refractivity contribution in [2.24, 2.45) is 0 Å². The SMILES string of the molecule is CCN1CC(c2nc(CSC)no2)CCC1=O. The first-order chi connectivity index (χ1) is 8.24. The van der Waals surface area contributed by atoms with Crippen LogP contribution in [0.4, 0.5) is 0 Å². The van der Waals surface area contributed by atoms with Crippen LogP contribution >= 0.6 is 11.8 Å². The summed E-state index contributed by atoms with van der Waals surface area (Å²) in [6.45, 7) is 3.45. The molecule has 0 N–H and O–H groups in total. The summed E-state index contributed by atoms with van der Waals surface area (Å²) in [6.07, 6.45) is 3.41. The van der Waals surface area contributed by atoms with Crippen LogP contribution in [0.1, 0.15) is 37.4 Å². The molecule has 6 heteroatoms. The number of carbonyl (C=O) groups excluding carboxylic acids is 1. The van der Waals surface area contributed by atoms with E-state index in [9.17, 15) is 4.79 Å². The number of carbonyl (C=O) groups is 1. The Balaban J connectivity index is 2.04. The second-order valence-corrected chi connectivity index (χ2v) is 5.02. The highest BCUT2D eigenvalue weighted by molar-refractivity contribution is 7.97. The van der Waals surface area contributed by atoms with Gasteiger partial charge in [-0.2, -0.15) is 16.7 Å². The lowest BCUT2D eigenvalue weighted by molar-refractivity contribution is -0.133. The topological polar surface area (TPSA) is 59.2 Å². The molecule has 17 heavy (non-hydrogen) atoms. The number of rotatable bonds is 4. The number of amides is 1. The Bertz CT molecular complexity index is 394. The van der Waals surface area contributed by atoms with Crippen molar-refractivity contribution in [2.45, 2.75) is 31.4 Å². The van der Waals surface area contributed by atoms with Crippen LogP contribution in [0.2, 0.25) is 0 Å². The van der Waals surface area contributed by atoms with Crippen LogP contribution in [-0.4, -0.2) is 40.3 Å². The van der Waals surface area contributed by atoms with Crippen molar-refractivity contribution in [2.75, 3.05) is 19.3 Å². The zero-order chi connectivity index (χ0) is 12.3. The van der Waals surface area contributed by atoms with Crippen LogP contribution in [0, 0.1) is 0 Å². The fraction of sp³-hybridized carbons (Fsp3) is 0.727. The molecule has 1 unspecified atom stereocenters. The minimum absolute atomic E-state index is 0.204. The molecule has 1 aromatic rings. The standard InChI is InChI=1S/C11H17N3O2S/c1-3-14-6-8(4-5-10(14)15)11-12-9(7-17-2)13-16-11/h8H,3-7H2,1-2H3.